The monoisotopic (exact) mass is 237 g/mol. The van der Waals surface area contributed by atoms with Crippen LogP contribution in [0, 0.1) is 5.92 Å². The van der Waals surface area contributed by atoms with Crippen LogP contribution in [0.4, 0.5) is 4.79 Å². The number of aliphatic hydroxyl groups excluding tert-OH is 1. The van der Waals surface area contributed by atoms with Gasteiger partial charge in [-0.25, -0.2) is 4.79 Å². The molecule has 0 radical (unpaired) electrons. The van der Waals surface area contributed by atoms with E-state index in [1.807, 2.05) is 6.92 Å². The van der Waals surface area contributed by atoms with Crippen molar-refractivity contribution in [3.05, 3.63) is 0 Å². The van der Waals surface area contributed by atoms with Crippen LogP contribution in [0.15, 0.2) is 0 Å². The molecule has 0 fully saturated rings. The van der Waals surface area contributed by atoms with Gasteiger partial charge in [-0.15, -0.1) is 11.6 Å². The average molecular weight is 238 g/mol. The second kappa shape index (κ2) is 6.18. The lowest BCUT2D eigenvalue weighted by Gasteiger charge is -2.21. The fraction of sp³-hybridized carbons (Fsp3) is 0.900. The third-order valence-electron chi connectivity index (χ3n) is 1.78. The molecule has 1 amide bonds. The third kappa shape index (κ3) is 7.45. The Hall–Kier alpha value is -0.480. The van der Waals surface area contributed by atoms with Crippen molar-refractivity contribution in [3.8, 4) is 0 Å². The second-order valence-corrected chi connectivity index (χ2v) is 4.89. The number of alkyl halides is 1. The Kier molecular flexibility index (Phi) is 5.98. The van der Waals surface area contributed by atoms with Crippen molar-refractivity contribution in [2.75, 3.05) is 12.4 Å². The number of hydrogen-bond acceptors (Lipinski definition) is 3. The molecule has 0 aromatic heterocycles. The van der Waals surface area contributed by atoms with E-state index >= 15 is 0 Å². The Bertz CT molecular complexity index is 203. The molecule has 0 aromatic rings. The molecule has 0 aliphatic heterocycles. The molecule has 0 bridgehead atoms. The molecule has 0 aliphatic rings. The van der Waals surface area contributed by atoms with E-state index in [1.54, 1.807) is 20.8 Å². The van der Waals surface area contributed by atoms with Crippen LogP contribution in [0.1, 0.15) is 27.7 Å². The minimum Gasteiger partial charge on any atom is -0.444 e. The number of aliphatic hydroxyl groups is 1. The maximum atomic E-state index is 11.2. The Morgan fingerprint density at radius 3 is 2.47 bits per heavy atom. The molecule has 4 nitrogen and oxygen atoms in total. The van der Waals surface area contributed by atoms with Gasteiger partial charge in [-0.05, 0) is 20.8 Å². The Labute approximate surface area is 95.9 Å². The first kappa shape index (κ1) is 14.5. The van der Waals surface area contributed by atoms with Crippen molar-refractivity contribution in [2.24, 2.45) is 5.92 Å². The highest BCUT2D eigenvalue weighted by molar-refractivity contribution is 6.18. The Balaban J connectivity index is 3.81. The van der Waals surface area contributed by atoms with Crippen molar-refractivity contribution in [1.29, 1.82) is 0 Å². The molecule has 0 spiro atoms. The molecule has 15 heavy (non-hydrogen) atoms. The number of hydrogen-bond donors (Lipinski definition) is 2. The standard InChI is InChI=1S/C10H20ClNO3/c1-7(8(13)5-11)6-12-9(14)15-10(2,3)4/h7-8,13H,5-6H2,1-4H3,(H,12,14)/t7?,8-/m1/s1. The van der Waals surface area contributed by atoms with E-state index in [0.717, 1.165) is 0 Å². The van der Waals surface area contributed by atoms with Gasteiger partial charge in [0.05, 0.1) is 6.10 Å². The smallest absolute Gasteiger partial charge is 0.407 e. The predicted molar refractivity (Wildman–Crippen MR) is 60.1 cm³/mol. The number of ether oxygens (including phenoxy) is 1. The highest BCUT2D eigenvalue weighted by Gasteiger charge is 2.18. The average Bonchev–Trinajstić information content (AvgIpc) is 2.10. The number of nitrogens with one attached hydrogen (secondary N) is 1. The summed E-state index contributed by atoms with van der Waals surface area (Å²) in [7, 11) is 0. The topological polar surface area (TPSA) is 58.6 Å². The van der Waals surface area contributed by atoms with Crippen molar-refractivity contribution >= 4 is 17.7 Å². The summed E-state index contributed by atoms with van der Waals surface area (Å²) in [6.45, 7) is 7.55. The van der Waals surface area contributed by atoms with Crippen LogP contribution in [0.2, 0.25) is 0 Å². The van der Waals surface area contributed by atoms with Gasteiger partial charge in [0.25, 0.3) is 0 Å². The van der Waals surface area contributed by atoms with Crippen molar-refractivity contribution in [2.45, 2.75) is 39.4 Å². The molecule has 0 aromatic carbocycles. The second-order valence-electron chi connectivity index (χ2n) is 4.58. The van der Waals surface area contributed by atoms with Gasteiger partial charge in [-0.2, -0.15) is 0 Å². The molecular formula is C10H20ClNO3. The molecule has 2 atom stereocenters. The minimum absolute atomic E-state index is 0.0879. The van der Waals surface area contributed by atoms with Crippen LogP contribution in [0.3, 0.4) is 0 Å². The molecule has 1 unspecified atom stereocenters. The lowest BCUT2D eigenvalue weighted by atomic mass is 10.1. The van der Waals surface area contributed by atoms with E-state index in [1.165, 1.54) is 0 Å². The first-order valence-electron chi connectivity index (χ1n) is 4.97. The normalized spacial score (nSPS) is 15.6. The highest BCUT2D eigenvalue weighted by Crippen LogP contribution is 2.07. The van der Waals surface area contributed by atoms with E-state index < -0.39 is 17.8 Å². The molecule has 0 saturated carbocycles. The summed E-state index contributed by atoms with van der Waals surface area (Å²) in [6, 6.07) is 0. The van der Waals surface area contributed by atoms with Crippen LogP contribution in [-0.4, -0.2) is 35.3 Å². The highest BCUT2D eigenvalue weighted by atomic mass is 35.5. The van der Waals surface area contributed by atoms with Gasteiger partial charge in [0.2, 0.25) is 0 Å². The number of amides is 1. The molecule has 0 aliphatic carbocycles. The van der Waals surface area contributed by atoms with Crippen molar-refractivity contribution in [3.63, 3.8) is 0 Å². The first-order valence-corrected chi connectivity index (χ1v) is 5.50. The summed E-state index contributed by atoms with van der Waals surface area (Å²) >= 11 is 5.47. The number of halogens is 1. The molecule has 0 heterocycles. The largest absolute Gasteiger partial charge is 0.444 e. The fourth-order valence-corrected chi connectivity index (χ4v) is 1.15. The van der Waals surface area contributed by atoms with E-state index in [0.29, 0.717) is 6.54 Å². The molecule has 5 heteroatoms. The summed E-state index contributed by atoms with van der Waals surface area (Å²) in [5.41, 5.74) is -0.502. The molecule has 0 saturated heterocycles. The van der Waals surface area contributed by atoms with Crippen LogP contribution < -0.4 is 5.32 Å². The van der Waals surface area contributed by atoms with Crippen LogP contribution in [0.5, 0.6) is 0 Å². The lowest BCUT2D eigenvalue weighted by Crippen LogP contribution is -2.37. The number of alkyl carbamates (subject to hydrolysis) is 1. The van der Waals surface area contributed by atoms with E-state index in [-0.39, 0.29) is 11.8 Å². The molecular weight excluding hydrogens is 218 g/mol. The number of carbonyl (C=O) groups is 1. The van der Waals surface area contributed by atoms with Gasteiger partial charge >= 0.3 is 6.09 Å². The minimum atomic E-state index is -0.610. The summed E-state index contributed by atoms with van der Waals surface area (Å²) in [4.78, 5) is 11.2. The zero-order valence-electron chi connectivity index (χ0n) is 9.71. The van der Waals surface area contributed by atoms with Gasteiger partial charge in [0.1, 0.15) is 5.60 Å². The SMILES string of the molecule is CC(CNC(=O)OC(C)(C)C)[C@H](O)CCl. The summed E-state index contributed by atoms with van der Waals surface area (Å²) in [5.74, 6) is 0.0759. The predicted octanol–water partition coefficient (Wildman–Crippen LogP) is 1.75. The summed E-state index contributed by atoms with van der Waals surface area (Å²) in [6.07, 6.45) is -1.09. The molecule has 90 valence electrons. The number of rotatable bonds is 4. The maximum absolute atomic E-state index is 11.2. The zero-order valence-corrected chi connectivity index (χ0v) is 10.5. The van der Waals surface area contributed by atoms with E-state index in [4.69, 9.17) is 16.3 Å². The number of carbonyl (C=O) groups excluding carboxylic acids is 1. The van der Waals surface area contributed by atoms with Gasteiger partial charge in [0, 0.05) is 18.3 Å². The van der Waals surface area contributed by atoms with Crippen molar-refractivity contribution in [1.82, 2.24) is 5.32 Å². The maximum Gasteiger partial charge on any atom is 0.407 e. The van der Waals surface area contributed by atoms with Crippen LogP contribution in [-0.2, 0) is 4.74 Å². The van der Waals surface area contributed by atoms with Crippen LogP contribution in [0.25, 0.3) is 0 Å². The van der Waals surface area contributed by atoms with Crippen LogP contribution >= 0.6 is 11.6 Å². The van der Waals surface area contributed by atoms with Crippen molar-refractivity contribution < 1.29 is 14.6 Å². The van der Waals surface area contributed by atoms with E-state index in [9.17, 15) is 9.90 Å². The van der Waals surface area contributed by atoms with Gasteiger partial charge < -0.3 is 15.2 Å². The zero-order chi connectivity index (χ0) is 12.1. The van der Waals surface area contributed by atoms with Gasteiger partial charge in [0.15, 0.2) is 0 Å². The first-order chi connectivity index (χ1) is 6.76. The fourth-order valence-electron chi connectivity index (χ4n) is 0.847. The Morgan fingerprint density at radius 1 is 1.53 bits per heavy atom. The molecule has 0 rings (SSSR count). The van der Waals surface area contributed by atoms with Gasteiger partial charge in [-0.1, -0.05) is 6.92 Å². The summed E-state index contributed by atoms with van der Waals surface area (Å²) in [5, 5.41) is 11.9. The van der Waals surface area contributed by atoms with E-state index in [2.05, 4.69) is 5.32 Å². The van der Waals surface area contributed by atoms with Gasteiger partial charge in [-0.3, -0.25) is 0 Å². The Morgan fingerprint density at radius 2 is 2.07 bits per heavy atom. The summed E-state index contributed by atoms with van der Waals surface area (Å²) < 4.78 is 5.04. The quantitative estimate of drug-likeness (QED) is 0.733. The lowest BCUT2D eigenvalue weighted by molar-refractivity contribution is 0.0500. The molecule has 2 N–H and O–H groups in total. The third-order valence-corrected chi connectivity index (χ3v) is 2.10.